The molecule has 1 saturated heterocycles. The molecular weight excluding hydrogens is 252 g/mol. The average Bonchev–Trinajstić information content (AvgIpc) is 3.06. The number of nitrogens with one attached hydrogen (secondary N) is 2. The standard InChI is InChI=1S/C16H20N2O2/c1-11-14(13-6-2-3-7-15(13)18-11)9-16(19)17-10-12-5-4-8-20-12/h2-3,6-7,12,18H,4-5,8-10H2,1H3,(H,17,19). The number of para-hydroxylation sites is 1. The maximum Gasteiger partial charge on any atom is 0.224 e. The molecule has 1 aliphatic rings. The predicted octanol–water partition coefficient (Wildman–Crippen LogP) is 2.31. The van der Waals surface area contributed by atoms with Gasteiger partial charge in [0.25, 0.3) is 0 Å². The highest BCUT2D eigenvalue weighted by atomic mass is 16.5. The first kappa shape index (κ1) is 13.2. The number of aromatic amines is 1. The van der Waals surface area contributed by atoms with Crippen LogP contribution in [-0.4, -0.2) is 30.1 Å². The van der Waals surface area contributed by atoms with Crippen molar-refractivity contribution in [3.8, 4) is 0 Å². The third-order valence-corrected chi connectivity index (χ3v) is 3.92. The molecular formula is C16H20N2O2. The monoisotopic (exact) mass is 272 g/mol. The number of aryl methyl sites for hydroxylation is 1. The van der Waals surface area contributed by atoms with Crippen molar-refractivity contribution in [2.75, 3.05) is 13.2 Å². The number of hydrogen-bond donors (Lipinski definition) is 2. The maximum absolute atomic E-state index is 12.1. The molecule has 1 atom stereocenters. The fraction of sp³-hybridized carbons (Fsp3) is 0.438. The predicted molar refractivity (Wildman–Crippen MR) is 78.7 cm³/mol. The first-order chi connectivity index (χ1) is 9.74. The molecule has 2 aromatic rings. The van der Waals surface area contributed by atoms with E-state index in [9.17, 15) is 4.79 Å². The number of H-pyrrole nitrogens is 1. The topological polar surface area (TPSA) is 54.1 Å². The summed E-state index contributed by atoms with van der Waals surface area (Å²) in [4.78, 5) is 15.4. The summed E-state index contributed by atoms with van der Waals surface area (Å²) in [6, 6.07) is 8.10. The van der Waals surface area contributed by atoms with Gasteiger partial charge in [0.15, 0.2) is 0 Å². The van der Waals surface area contributed by atoms with Crippen LogP contribution in [0, 0.1) is 6.92 Å². The van der Waals surface area contributed by atoms with E-state index in [1.54, 1.807) is 0 Å². The molecule has 2 heterocycles. The van der Waals surface area contributed by atoms with Gasteiger partial charge in [0.05, 0.1) is 12.5 Å². The van der Waals surface area contributed by atoms with E-state index in [1.165, 1.54) is 0 Å². The Morgan fingerprint density at radius 2 is 2.30 bits per heavy atom. The van der Waals surface area contributed by atoms with Gasteiger partial charge in [-0.3, -0.25) is 4.79 Å². The van der Waals surface area contributed by atoms with Crippen molar-refractivity contribution in [1.82, 2.24) is 10.3 Å². The van der Waals surface area contributed by atoms with Crippen LogP contribution in [-0.2, 0) is 16.0 Å². The van der Waals surface area contributed by atoms with E-state index in [4.69, 9.17) is 4.74 Å². The molecule has 4 heteroatoms. The SMILES string of the molecule is Cc1[nH]c2ccccc2c1CC(=O)NCC1CCCO1. The lowest BCUT2D eigenvalue weighted by molar-refractivity contribution is -0.120. The van der Waals surface area contributed by atoms with E-state index in [0.29, 0.717) is 13.0 Å². The van der Waals surface area contributed by atoms with Crippen molar-refractivity contribution < 1.29 is 9.53 Å². The molecule has 106 valence electrons. The van der Waals surface area contributed by atoms with Crippen LogP contribution in [0.15, 0.2) is 24.3 Å². The van der Waals surface area contributed by atoms with E-state index in [2.05, 4.69) is 16.4 Å². The maximum atomic E-state index is 12.1. The molecule has 1 aromatic carbocycles. The first-order valence-electron chi connectivity index (χ1n) is 7.18. The number of amides is 1. The number of carbonyl (C=O) groups excluding carboxylic acids is 1. The van der Waals surface area contributed by atoms with E-state index >= 15 is 0 Å². The van der Waals surface area contributed by atoms with Gasteiger partial charge in [0.2, 0.25) is 5.91 Å². The Bertz CT molecular complexity index is 612. The summed E-state index contributed by atoms with van der Waals surface area (Å²) in [5.74, 6) is 0.0633. The van der Waals surface area contributed by atoms with Gasteiger partial charge in [-0.05, 0) is 31.4 Å². The van der Waals surface area contributed by atoms with Crippen LogP contribution in [0.25, 0.3) is 10.9 Å². The van der Waals surface area contributed by atoms with E-state index in [-0.39, 0.29) is 12.0 Å². The van der Waals surface area contributed by atoms with Gasteiger partial charge in [0.1, 0.15) is 0 Å². The summed E-state index contributed by atoms with van der Waals surface area (Å²) in [6.45, 7) is 3.46. The average molecular weight is 272 g/mol. The summed E-state index contributed by atoms with van der Waals surface area (Å²) < 4.78 is 5.51. The van der Waals surface area contributed by atoms with Gasteiger partial charge in [-0.25, -0.2) is 0 Å². The summed E-state index contributed by atoms with van der Waals surface area (Å²) in [5, 5.41) is 4.11. The molecule has 0 saturated carbocycles. The molecule has 1 aromatic heterocycles. The summed E-state index contributed by atoms with van der Waals surface area (Å²) >= 11 is 0. The molecule has 0 bridgehead atoms. The minimum Gasteiger partial charge on any atom is -0.376 e. The summed E-state index contributed by atoms with van der Waals surface area (Å²) in [6.07, 6.45) is 2.76. The van der Waals surface area contributed by atoms with E-state index < -0.39 is 0 Å². The van der Waals surface area contributed by atoms with Crippen LogP contribution in [0.2, 0.25) is 0 Å². The Labute approximate surface area is 118 Å². The highest BCUT2D eigenvalue weighted by Crippen LogP contribution is 2.22. The number of fused-ring (bicyclic) bond motifs is 1. The zero-order chi connectivity index (χ0) is 13.9. The van der Waals surface area contributed by atoms with E-state index in [0.717, 1.165) is 41.6 Å². The van der Waals surface area contributed by atoms with Crippen molar-refractivity contribution in [3.63, 3.8) is 0 Å². The largest absolute Gasteiger partial charge is 0.376 e. The Kier molecular flexibility index (Phi) is 3.74. The Balaban J connectivity index is 1.66. The fourth-order valence-electron chi connectivity index (χ4n) is 2.82. The molecule has 4 nitrogen and oxygen atoms in total. The Morgan fingerprint density at radius 1 is 1.45 bits per heavy atom. The molecule has 3 rings (SSSR count). The van der Waals surface area contributed by atoms with Crippen molar-refractivity contribution >= 4 is 16.8 Å². The Morgan fingerprint density at radius 3 is 3.10 bits per heavy atom. The lowest BCUT2D eigenvalue weighted by Gasteiger charge is -2.10. The van der Waals surface area contributed by atoms with Gasteiger partial charge in [-0.2, -0.15) is 0 Å². The molecule has 0 spiro atoms. The van der Waals surface area contributed by atoms with Crippen LogP contribution in [0.4, 0.5) is 0 Å². The Hall–Kier alpha value is -1.81. The van der Waals surface area contributed by atoms with Crippen molar-refractivity contribution in [2.45, 2.75) is 32.3 Å². The lowest BCUT2D eigenvalue weighted by Crippen LogP contribution is -2.32. The molecule has 1 aliphatic heterocycles. The molecule has 1 fully saturated rings. The normalized spacial score (nSPS) is 18.6. The highest BCUT2D eigenvalue weighted by molar-refractivity contribution is 5.90. The zero-order valence-electron chi connectivity index (χ0n) is 11.7. The lowest BCUT2D eigenvalue weighted by atomic mass is 10.1. The van der Waals surface area contributed by atoms with Crippen molar-refractivity contribution in [1.29, 1.82) is 0 Å². The minimum absolute atomic E-state index is 0.0633. The summed E-state index contributed by atoms with van der Waals surface area (Å²) in [5.41, 5.74) is 3.25. The molecule has 1 unspecified atom stereocenters. The van der Waals surface area contributed by atoms with Gasteiger partial charge in [-0.1, -0.05) is 18.2 Å². The van der Waals surface area contributed by atoms with Gasteiger partial charge in [-0.15, -0.1) is 0 Å². The van der Waals surface area contributed by atoms with Crippen LogP contribution < -0.4 is 5.32 Å². The van der Waals surface area contributed by atoms with Gasteiger partial charge in [0, 0.05) is 29.7 Å². The second-order valence-corrected chi connectivity index (χ2v) is 5.39. The second kappa shape index (κ2) is 5.67. The number of benzene rings is 1. The number of rotatable bonds is 4. The molecule has 20 heavy (non-hydrogen) atoms. The second-order valence-electron chi connectivity index (χ2n) is 5.39. The molecule has 0 radical (unpaired) electrons. The number of hydrogen-bond acceptors (Lipinski definition) is 2. The van der Waals surface area contributed by atoms with Crippen molar-refractivity contribution in [3.05, 3.63) is 35.5 Å². The number of aromatic nitrogens is 1. The smallest absolute Gasteiger partial charge is 0.224 e. The summed E-state index contributed by atoms with van der Waals surface area (Å²) in [7, 11) is 0. The fourth-order valence-corrected chi connectivity index (χ4v) is 2.82. The molecule has 1 amide bonds. The molecule has 0 aliphatic carbocycles. The minimum atomic E-state index is 0.0633. The third-order valence-electron chi connectivity index (χ3n) is 3.92. The van der Waals surface area contributed by atoms with E-state index in [1.807, 2.05) is 25.1 Å². The van der Waals surface area contributed by atoms with Gasteiger partial charge >= 0.3 is 0 Å². The van der Waals surface area contributed by atoms with Gasteiger partial charge < -0.3 is 15.0 Å². The quantitative estimate of drug-likeness (QED) is 0.897. The zero-order valence-corrected chi connectivity index (χ0v) is 11.7. The van der Waals surface area contributed by atoms with Crippen LogP contribution >= 0.6 is 0 Å². The van der Waals surface area contributed by atoms with Crippen LogP contribution in [0.1, 0.15) is 24.1 Å². The number of ether oxygens (including phenoxy) is 1. The highest BCUT2D eigenvalue weighted by Gasteiger charge is 2.17. The third kappa shape index (κ3) is 2.70. The van der Waals surface area contributed by atoms with Crippen LogP contribution in [0.3, 0.4) is 0 Å². The first-order valence-corrected chi connectivity index (χ1v) is 7.18. The van der Waals surface area contributed by atoms with Crippen LogP contribution in [0.5, 0.6) is 0 Å². The molecule has 2 N–H and O–H groups in total. The number of carbonyl (C=O) groups is 1. The van der Waals surface area contributed by atoms with Crippen molar-refractivity contribution in [2.24, 2.45) is 0 Å².